The second-order valence-corrected chi connectivity index (χ2v) is 8.44. The summed E-state index contributed by atoms with van der Waals surface area (Å²) in [6.45, 7) is 1.34. The molecule has 7 heteroatoms. The lowest BCUT2D eigenvalue weighted by Crippen LogP contribution is -2.35. The molecule has 34 heavy (non-hydrogen) atoms. The van der Waals surface area contributed by atoms with Crippen molar-refractivity contribution in [2.24, 2.45) is 5.92 Å². The third-order valence-electron chi connectivity index (χ3n) is 6.41. The number of para-hydroxylation sites is 1. The lowest BCUT2D eigenvalue weighted by Gasteiger charge is -2.20. The highest BCUT2D eigenvalue weighted by Crippen LogP contribution is 2.38. The van der Waals surface area contributed by atoms with Crippen LogP contribution in [0.5, 0.6) is 17.2 Å². The summed E-state index contributed by atoms with van der Waals surface area (Å²) in [5.74, 6) is 1.34. The first kappa shape index (κ1) is 21.8. The van der Waals surface area contributed by atoms with Gasteiger partial charge in [-0.1, -0.05) is 42.5 Å². The largest absolute Gasteiger partial charge is 0.496 e. The van der Waals surface area contributed by atoms with Gasteiger partial charge < -0.3 is 24.4 Å². The van der Waals surface area contributed by atoms with Crippen molar-refractivity contribution in [1.29, 1.82) is 0 Å². The number of methoxy groups -OCH3 is 1. The number of nitrogens with zero attached hydrogens (tertiary/aromatic N) is 1. The fraction of sp³-hybridized carbons (Fsp3) is 0.259. The van der Waals surface area contributed by atoms with Gasteiger partial charge in [0.25, 0.3) is 5.91 Å². The Morgan fingerprint density at radius 1 is 0.971 bits per heavy atom. The average molecular weight is 459 g/mol. The van der Waals surface area contributed by atoms with Crippen molar-refractivity contribution in [3.8, 4) is 17.2 Å². The number of rotatable bonds is 6. The Hall–Kier alpha value is -4.00. The van der Waals surface area contributed by atoms with Gasteiger partial charge in [0.2, 0.25) is 12.7 Å². The van der Waals surface area contributed by atoms with Gasteiger partial charge in [-0.3, -0.25) is 9.59 Å². The van der Waals surface area contributed by atoms with E-state index in [0.717, 1.165) is 16.9 Å². The van der Waals surface area contributed by atoms with E-state index in [1.807, 2.05) is 60.7 Å². The average Bonchev–Trinajstić information content (AvgIpc) is 3.54. The maximum atomic E-state index is 13.4. The minimum atomic E-state index is -0.405. The number of amides is 2. The van der Waals surface area contributed by atoms with E-state index in [1.165, 1.54) is 0 Å². The molecule has 1 fully saturated rings. The number of hydrogen-bond acceptors (Lipinski definition) is 5. The van der Waals surface area contributed by atoms with Crippen LogP contribution in [0.1, 0.15) is 27.4 Å². The highest BCUT2D eigenvalue weighted by Gasteiger charge is 2.41. The SMILES string of the molecule is COc1ccccc1C1CN(C(=O)c2ccccc2)CC1C(=O)NCc1ccc2c(c1)OCO2. The van der Waals surface area contributed by atoms with Gasteiger partial charge in [0.05, 0.1) is 13.0 Å². The molecule has 7 nitrogen and oxygen atoms in total. The summed E-state index contributed by atoms with van der Waals surface area (Å²) in [6, 6.07) is 22.5. The fourth-order valence-corrected chi connectivity index (χ4v) is 4.66. The molecule has 2 aliphatic heterocycles. The second kappa shape index (κ2) is 9.47. The summed E-state index contributed by atoms with van der Waals surface area (Å²) < 4.78 is 16.4. The van der Waals surface area contributed by atoms with Crippen LogP contribution in [-0.4, -0.2) is 43.7 Å². The summed E-state index contributed by atoms with van der Waals surface area (Å²) in [7, 11) is 1.62. The Morgan fingerprint density at radius 2 is 1.74 bits per heavy atom. The molecular weight excluding hydrogens is 432 g/mol. The number of likely N-dealkylation sites (tertiary alicyclic amines) is 1. The predicted octanol–water partition coefficient (Wildman–Crippen LogP) is 3.60. The van der Waals surface area contributed by atoms with Gasteiger partial charge in [-0.15, -0.1) is 0 Å². The Bertz CT molecular complexity index is 1200. The number of carbonyl (C=O) groups excluding carboxylic acids is 2. The van der Waals surface area contributed by atoms with E-state index in [0.29, 0.717) is 36.7 Å². The fourth-order valence-electron chi connectivity index (χ4n) is 4.66. The van der Waals surface area contributed by atoms with Crippen LogP contribution in [0.3, 0.4) is 0 Å². The third-order valence-corrected chi connectivity index (χ3v) is 6.41. The molecule has 0 radical (unpaired) electrons. The standard InChI is InChI=1S/C27H26N2O5/c1-32-23-10-6-5-9-20(23)21-15-29(27(31)19-7-3-2-4-8-19)16-22(21)26(30)28-14-18-11-12-24-25(13-18)34-17-33-24/h2-13,21-22H,14-17H2,1H3,(H,28,30). The zero-order valence-corrected chi connectivity index (χ0v) is 18.9. The summed E-state index contributed by atoms with van der Waals surface area (Å²) in [5, 5.41) is 3.05. The zero-order chi connectivity index (χ0) is 23.5. The number of benzene rings is 3. The lowest BCUT2D eigenvalue weighted by molar-refractivity contribution is -0.125. The summed E-state index contributed by atoms with van der Waals surface area (Å²) in [5.41, 5.74) is 2.46. The summed E-state index contributed by atoms with van der Waals surface area (Å²) in [4.78, 5) is 28.3. The number of ether oxygens (including phenoxy) is 3. The normalized spacial score (nSPS) is 18.6. The molecule has 5 rings (SSSR count). The summed E-state index contributed by atoms with van der Waals surface area (Å²) >= 11 is 0. The van der Waals surface area contributed by atoms with E-state index in [9.17, 15) is 9.59 Å². The van der Waals surface area contributed by atoms with Crippen molar-refractivity contribution in [3.05, 3.63) is 89.5 Å². The maximum Gasteiger partial charge on any atom is 0.253 e. The van der Waals surface area contributed by atoms with Crippen LogP contribution in [0.2, 0.25) is 0 Å². The van der Waals surface area contributed by atoms with E-state index < -0.39 is 5.92 Å². The molecule has 1 saturated heterocycles. The lowest BCUT2D eigenvalue weighted by atomic mass is 9.87. The monoisotopic (exact) mass is 458 g/mol. The van der Waals surface area contributed by atoms with Gasteiger partial charge in [-0.25, -0.2) is 0 Å². The van der Waals surface area contributed by atoms with Crippen LogP contribution < -0.4 is 19.5 Å². The Balaban J connectivity index is 1.36. The van der Waals surface area contributed by atoms with Crippen molar-refractivity contribution in [2.45, 2.75) is 12.5 Å². The third kappa shape index (κ3) is 4.29. The smallest absolute Gasteiger partial charge is 0.253 e. The van der Waals surface area contributed by atoms with Crippen LogP contribution in [0.15, 0.2) is 72.8 Å². The van der Waals surface area contributed by atoms with E-state index in [-0.39, 0.29) is 24.5 Å². The molecule has 0 aliphatic carbocycles. The van der Waals surface area contributed by atoms with Crippen molar-refractivity contribution in [2.75, 3.05) is 27.0 Å². The van der Waals surface area contributed by atoms with Crippen LogP contribution >= 0.6 is 0 Å². The molecule has 2 atom stereocenters. The van der Waals surface area contributed by atoms with Crippen LogP contribution in [0.4, 0.5) is 0 Å². The van der Waals surface area contributed by atoms with Crippen LogP contribution in [0.25, 0.3) is 0 Å². The zero-order valence-electron chi connectivity index (χ0n) is 18.9. The quantitative estimate of drug-likeness (QED) is 0.611. The highest BCUT2D eigenvalue weighted by molar-refractivity contribution is 5.95. The first-order chi connectivity index (χ1) is 16.6. The van der Waals surface area contributed by atoms with Crippen molar-refractivity contribution in [1.82, 2.24) is 10.2 Å². The van der Waals surface area contributed by atoms with E-state index in [1.54, 1.807) is 24.1 Å². The Morgan fingerprint density at radius 3 is 2.56 bits per heavy atom. The second-order valence-electron chi connectivity index (χ2n) is 8.44. The summed E-state index contributed by atoms with van der Waals surface area (Å²) in [6.07, 6.45) is 0. The Kier molecular flexibility index (Phi) is 6.08. The molecule has 0 saturated carbocycles. The van der Waals surface area contributed by atoms with E-state index in [2.05, 4.69) is 5.32 Å². The van der Waals surface area contributed by atoms with Gasteiger partial charge >= 0.3 is 0 Å². The number of fused-ring (bicyclic) bond motifs is 1. The van der Waals surface area contributed by atoms with Gasteiger partial charge in [-0.05, 0) is 41.5 Å². The van der Waals surface area contributed by atoms with Gasteiger partial charge in [0.15, 0.2) is 11.5 Å². The van der Waals surface area contributed by atoms with Crippen molar-refractivity contribution in [3.63, 3.8) is 0 Å². The van der Waals surface area contributed by atoms with Crippen molar-refractivity contribution < 1.29 is 23.8 Å². The highest BCUT2D eigenvalue weighted by atomic mass is 16.7. The van der Waals surface area contributed by atoms with E-state index >= 15 is 0 Å². The molecule has 0 spiro atoms. The first-order valence-corrected chi connectivity index (χ1v) is 11.3. The number of carbonyl (C=O) groups is 2. The van der Waals surface area contributed by atoms with Crippen LogP contribution in [-0.2, 0) is 11.3 Å². The van der Waals surface area contributed by atoms with Gasteiger partial charge in [0, 0.05) is 31.1 Å². The molecule has 1 N–H and O–H groups in total. The van der Waals surface area contributed by atoms with E-state index in [4.69, 9.17) is 14.2 Å². The topological polar surface area (TPSA) is 77.1 Å². The molecule has 2 amide bonds. The maximum absolute atomic E-state index is 13.4. The van der Waals surface area contributed by atoms with Crippen LogP contribution in [0, 0.1) is 5.92 Å². The van der Waals surface area contributed by atoms with Gasteiger partial charge in [-0.2, -0.15) is 0 Å². The first-order valence-electron chi connectivity index (χ1n) is 11.3. The van der Waals surface area contributed by atoms with Crippen molar-refractivity contribution >= 4 is 11.8 Å². The molecule has 2 unspecified atom stereocenters. The molecule has 174 valence electrons. The molecule has 0 aromatic heterocycles. The Labute approximate surface area is 198 Å². The molecule has 2 heterocycles. The molecule has 3 aromatic rings. The van der Waals surface area contributed by atoms with Gasteiger partial charge in [0.1, 0.15) is 5.75 Å². The molecule has 3 aromatic carbocycles. The minimum Gasteiger partial charge on any atom is -0.496 e. The minimum absolute atomic E-state index is 0.0773. The predicted molar refractivity (Wildman–Crippen MR) is 126 cm³/mol. The molecular formula is C27H26N2O5. The number of nitrogens with one attached hydrogen (secondary N) is 1. The number of hydrogen-bond donors (Lipinski definition) is 1. The molecule has 0 bridgehead atoms. The molecule has 2 aliphatic rings.